The Balaban J connectivity index is 2.89. The fourth-order valence-corrected chi connectivity index (χ4v) is 2.63. The summed E-state index contributed by atoms with van der Waals surface area (Å²) in [5, 5.41) is 0.601. The van der Waals surface area contributed by atoms with Crippen molar-refractivity contribution in [2.75, 3.05) is 7.05 Å². The average Bonchev–Trinajstić information content (AvgIpc) is 2.29. The van der Waals surface area contributed by atoms with Gasteiger partial charge in [0.25, 0.3) is 5.91 Å². The number of hydrogen-bond acceptors (Lipinski definition) is 1. The Morgan fingerprint density at radius 3 is 2.56 bits per heavy atom. The van der Waals surface area contributed by atoms with Gasteiger partial charge in [-0.1, -0.05) is 25.4 Å². The molecule has 1 atom stereocenters. The van der Waals surface area contributed by atoms with Crippen molar-refractivity contribution in [3.63, 3.8) is 0 Å². The largest absolute Gasteiger partial charge is 0.339 e. The van der Waals surface area contributed by atoms with Gasteiger partial charge in [-0.2, -0.15) is 0 Å². The zero-order valence-corrected chi connectivity index (χ0v) is 14.1. The normalized spacial score (nSPS) is 12.6. The van der Waals surface area contributed by atoms with Crippen LogP contribution < -0.4 is 0 Å². The Morgan fingerprint density at radius 1 is 1.39 bits per heavy atom. The SMILES string of the molecule is CC(C)CC(C)N(C)C(=O)c1cc(Cl)ccc1I. The molecule has 0 aliphatic rings. The van der Waals surface area contributed by atoms with Crippen LogP contribution in [0.2, 0.25) is 5.02 Å². The van der Waals surface area contributed by atoms with E-state index >= 15 is 0 Å². The summed E-state index contributed by atoms with van der Waals surface area (Å²) in [6.07, 6.45) is 0.999. The minimum Gasteiger partial charge on any atom is -0.339 e. The van der Waals surface area contributed by atoms with Crippen molar-refractivity contribution >= 4 is 40.1 Å². The molecule has 0 N–H and O–H groups in total. The van der Waals surface area contributed by atoms with E-state index in [0.717, 1.165) is 9.99 Å². The van der Waals surface area contributed by atoms with Crippen molar-refractivity contribution in [3.8, 4) is 0 Å². The number of hydrogen-bond donors (Lipinski definition) is 0. The lowest BCUT2D eigenvalue weighted by molar-refractivity contribution is 0.0727. The molecule has 100 valence electrons. The van der Waals surface area contributed by atoms with Gasteiger partial charge in [-0.15, -0.1) is 0 Å². The van der Waals surface area contributed by atoms with E-state index < -0.39 is 0 Å². The summed E-state index contributed by atoms with van der Waals surface area (Å²) in [5.74, 6) is 0.615. The molecule has 0 aliphatic heterocycles. The molecule has 0 saturated carbocycles. The van der Waals surface area contributed by atoms with Crippen molar-refractivity contribution in [2.24, 2.45) is 5.92 Å². The van der Waals surface area contributed by atoms with Gasteiger partial charge in [-0.25, -0.2) is 0 Å². The van der Waals surface area contributed by atoms with Crippen molar-refractivity contribution in [2.45, 2.75) is 33.2 Å². The van der Waals surface area contributed by atoms with Gasteiger partial charge >= 0.3 is 0 Å². The van der Waals surface area contributed by atoms with Crippen molar-refractivity contribution < 1.29 is 4.79 Å². The second-order valence-electron chi connectivity index (χ2n) is 5.02. The van der Waals surface area contributed by atoms with Gasteiger partial charge < -0.3 is 4.90 Å². The van der Waals surface area contributed by atoms with Crippen LogP contribution in [0.3, 0.4) is 0 Å². The number of nitrogens with zero attached hydrogens (tertiary/aromatic N) is 1. The highest BCUT2D eigenvalue weighted by atomic mass is 127. The van der Waals surface area contributed by atoms with E-state index in [1.807, 2.05) is 13.1 Å². The number of rotatable bonds is 4. The maximum Gasteiger partial charge on any atom is 0.254 e. The molecule has 0 spiro atoms. The first-order valence-corrected chi connectivity index (χ1v) is 7.50. The molecule has 0 bridgehead atoms. The summed E-state index contributed by atoms with van der Waals surface area (Å²) in [4.78, 5) is 14.2. The van der Waals surface area contributed by atoms with Gasteiger partial charge in [0.1, 0.15) is 0 Å². The number of benzene rings is 1. The highest BCUT2D eigenvalue weighted by Gasteiger charge is 2.20. The van der Waals surface area contributed by atoms with Gasteiger partial charge in [-0.3, -0.25) is 4.79 Å². The Bertz CT molecular complexity index is 434. The molecule has 1 aromatic rings. The number of carbonyl (C=O) groups is 1. The molecule has 1 amide bonds. The zero-order valence-electron chi connectivity index (χ0n) is 11.2. The third-order valence-electron chi connectivity index (χ3n) is 2.95. The van der Waals surface area contributed by atoms with Crippen LogP contribution in [0.15, 0.2) is 18.2 Å². The maximum atomic E-state index is 12.4. The zero-order chi connectivity index (χ0) is 13.9. The molecule has 4 heteroatoms. The van der Waals surface area contributed by atoms with Crippen LogP contribution >= 0.6 is 34.2 Å². The monoisotopic (exact) mass is 379 g/mol. The smallest absolute Gasteiger partial charge is 0.254 e. The van der Waals surface area contributed by atoms with Crippen LogP contribution in [0.25, 0.3) is 0 Å². The molecule has 0 saturated heterocycles. The van der Waals surface area contributed by atoms with Crippen LogP contribution in [0, 0.1) is 9.49 Å². The highest BCUT2D eigenvalue weighted by molar-refractivity contribution is 14.1. The second kappa shape index (κ2) is 6.75. The molecule has 1 aromatic carbocycles. The molecule has 18 heavy (non-hydrogen) atoms. The van der Waals surface area contributed by atoms with E-state index in [9.17, 15) is 4.79 Å². The van der Waals surface area contributed by atoms with E-state index in [1.54, 1.807) is 17.0 Å². The number of halogens is 2. The third kappa shape index (κ3) is 4.12. The van der Waals surface area contributed by atoms with E-state index in [4.69, 9.17) is 11.6 Å². The van der Waals surface area contributed by atoms with Gasteiger partial charge in [0, 0.05) is 21.7 Å². The molecule has 1 unspecified atom stereocenters. The molecule has 0 fully saturated rings. The Kier molecular flexibility index (Phi) is 5.92. The molecule has 0 aromatic heterocycles. The topological polar surface area (TPSA) is 20.3 Å². The van der Waals surface area contributed by atoms with E-state index in [2.05, 4.69) is 43.4 Å². The second-order valence-corrected chi connectivity index (χ2v) is 6.62. The van der Waals surface area contributed by atoms with Crippen molar-refractivity contribution in [3.05, 3.63) is 32.4 Å². The molecular weight excluding hydrogens is 361 g/mol. The van der Waals surface area contributed by atoms with E-state index in [1.165, 1.54) is 0 Å². The first kappa shape index (κ1) is 15.8. The Hall–Kier alpha value is -0.290. The van der Waals surface area contributed by atoms with Gasteiger partial charge in [0.2, 0.25) is 0 Å². The predicted octanol–water partition coefficient (Wildman–Crippen LogP) is 4.45. The molecule has 0 heterocycles. The standard InChI is InChI=1S/C14H19ClINO/c1-9(2)7-10(3)17(4)14(18)12-8-11(15)5-6-13(12)16/h5-6,8-10H,7H2,1-4H3. The third-order valence-corrected chi connectivity index (χ3v) is 4.13. The van der Waals surface area contributed by atoms with E-state index in [-0.39, 0.29) is 11.9 Å². The number of carbonyl (C=O) groups excluding carboxylic acids is 1. The number of amides is 1. The lowest BCUT2D eigenvalue weighted by Crippen LogP contribution is -2.36. The van der Waals surface area contributed by atoms with Crippen molar-refractivity contribution in [1.29, 1.82) is 0 Å². The Labute approximate surface area is 128 Å². The summed E-state index contributed by atoms with van der Waals surface area (Å²) in [6.45, 7) is 6.41. The fourth-order valence-electron chi connectivity index (χ4n) is 1.89. The van der Waals surface area contributed by atoms with Gasteiger partial charge in [0.15, 0.2) is 0 Å². The lowest BCUT2D eigenvalue weighted by atomic mass is 10.0. The highest BCUT2D eigenvalue weighted by Crippen LogP contribution is 2.21. The first-order chi connectivity index (χ1) is 8.32. The molecule has 2 nitrogen and oxygen atoms in total. The van der Waals surface area contributed by atoms with Crippen molar-refractivity contribution in [1.82, 2.24) is 4.90 Å². The molecule has 0 aliphatic carbocycles. The van der Waals surface area contributed by atoms with Crippen LogP contribution in [0.4, 0.5) is 0 Å². The van der Waals surface area contributed by atoms with Crippen LogP contribution in [0.5, 0.6) is 0 Å². The molecule has 1 rings (SSSR count). The maximum absolute atomic E-state index is 12.4. The van der Waals surface area contributed by atoms with Crippen LogP contribution in [-0.2, 0) is 0 Å². The van der Waals surface area contributed by atoms with Gasteiger partial charge in [-0.05, 0) is 60.1 Å². The predicted molar refractivity (Wildman–Crippen MR) is 85.2 cm³/mol. The minimum absolute atomic E-state index is 0.0371. The lowest BCUT2D eigenvalue weighted by Gasteiger charge is -2.26. The summed E-state index contributed by atoms with van der Waals surface area (Å²) in [5.41, 5.74) is 0.682. The van der Waals surface area contributed by atoms with Crippen LogP contribution in [-0.4, -0.2) is 23.9 Å². The molecular formula is C14H19ClINO. The summed E-state index contributed by atoms with van der Waals surface area (Å²) in [6, 6.07) is 5.64. The van der Waals surface area contributed by atoms with Gasteiger partial charge in [0.05, 0.1) is 5.56 Å². The summed E-state index contributed by atoms with van der Waals surface area (Å²) < 4.78 is 0.936. The van der Waals surface area contributed by atoms with Crippen LogP contribution in [0.1, 0.15) is 37.6 Å². The summed E-state index contributed by atoms with van der Waals surface area (Å²) in [7, 11) is 1.85. The molecule has 0 radical (unpaired) electrons. The van der Waals surface area contributed by atoms with E-state index in [0.29, 0.717) is 16.5 Å². The minimum atomic E-state index is 0.0371. The average molecular weight is 380 g/mol. The fraction of sp³-hybridized carbons (Fsp3) is 0.500. The quantitative estimate of drug-likeness (QED) is 0.708. The Morgan fingerprint density at radius 2 is 2.00 bits per heavy atom. The first-order valence-electron chi connectivity index (χ1n) is 6.05. The summed E-state index contributed by atoms with van der Waals surface area (Å²) >= 11 is 8.12.